The van der Waals surface area contributed by atoms with E-state index in [0.717, 1.165) is 41.3 Å². The molecule has 0 fully saturated rings. The number of benzene rings is 3. The lowest BCUT2D eigenvalue weighted by molar-refractivity contribution is -0.253. The van der Waals surface area contributed by atoms with Gasteiger partial charge in [-0.05, 0) is 48.0 Å². The van der Waals surface area contributed by atoms with Gasteiger partial charge in [0.2, 0.25) is 0 Å². The van der Waals surface area contributed by atoms with Crippen LogP contribution >= 0.6 is 11.6 Å². The molecule has 3 aromatic carbocycles. The van der Waals surface area contributed by atoms with Gasteiger partial charge in [0.15, 0.2) is 6.10 Å². The highest BCUT2D eigenvalue weighted by molar-refractivity contribution is 6.31. The van der Waals surface area contributed by atoms with Gasteiger partial charge in [-0.25, -0.2) is 0 Å². The van der Waals surface area contributed by atoms with Gasteiger partial charge >= 0.3 is 24.9 Å². The normalized spacial score (nSPS) is 13.3. The Morgan fingerprint density at radius 1 is 0.800 bits per heavy atom. The van der Waals surface area contributed by atoms with Gasteiger partial charge in [-0.1, -0.05) is 29.8 Å². The molecule has 0 aliphatic carbocycles. The number of hydrogen-bond donors (Lipinski definition) is 1. The molecule has 0 aromatic heterocycles. The summed E-state index contributed by atoms with van der Waals surface area (Å²) in [4.78, 5) is 0.971. The first kappa shape index (κ1) is 31.1. The first-order valence-corrected chi connectivity index (χ1v) is 11.4. The minimum Gasteiger partial charge on any atom is -0.457 e. The molecule has 0 saturated carbocycles. The Balaban J connectivity index is 1.91. The lowest BCUT2D eigenvalue weighted by atomic mass is 10.1. The molecule has 4 nitrogen and oxygen atoms in total. The number of alkyl halides is 10. The molecule has 1 unspecified atom stereocenters. The predicted octanol–water partition coefficient (Wildman–Crippen LogP) is 8.32. The maximum atomic E-state index is 13.3. The van der Waals surface area contributed by atoms with Crippen molar-refractivity contribution >= 4 is 17.3 Å². The van der Waals surface area contributed by atoms with Crippen molar-refractivity contribution < 1.29 is 58.5 Å². The minimum absolute atomic E-state index is 0.0185. The third kappa shape index (κ3) is 8.31. The summed E-state index contributed by atoms with van der Waals surface area (Å²) in [6.45, 7) is -1.53. The van der Waals surface area contributed by atoms with E-state index in [0.29, 0.717) is 6.07 Å². The molecule has 0 bridgehead atoms. The van der Waals surface area contributed by atoms with Crippen molar-refractivity contribution in [1.82, 2.24) is 0 Å². The lowest BCUT2D eigenvalue weighted by Crippen LogP contribution is -2.40. The molecule has 0 amide bonds. The summed E-state index contributed by atoms with van der Waals surface area (Å²) >= 11 is 5.59. The van der Waals surface area contributed by atoms with Crippen molar-refractivity contribution in [1.29, 1.82) is 0 Å². The number of ether oxygens (including phenoxy) is 2. The Morgan fingerprint density at radius 2 is 1.43 bits per heavy atom. The number of anilines is 1. The third-order valence-corrected chi connectivity index (χ3v) is 5.54. The molecule has 0 radical (unpaired) electrons. The van der Waals surface area contributed by atoms with Gasteiger partial charge in [0, 0.05) is 18.3 Å². The zero-order valence-electron chi connectivity index (χ0n) is 19.8. The summed E-state index contributed by atoms with van der Waals surface area (Å²) in [7, 11) is 0. The van der Waals surface area contributed by atoms with Crippen molar-refractivity contribution in [3.63, 3.8) is 0 Å². The first-order chi connectivity index (χ1) is 18.5. The van der Waals surface area contributed by atoms with Gasteiger partial charge in [0.05, 0.1) is 17.1 Å². The smallest absolute Gasteiger partial charge is 0.457 e. The second-order valence-corrected chi connectivity index (χ2v) is 8.70. The van der Waals surface area contributed by atoms with E-state index in [1.165, 1.54) is 24.3 Å². The molecular weight excluding hydrogens is 588 g/mol. The molecule has 0 saturated heterocycles. The summed E-state index contributed by atoms with van der Waals surface area (Å²) < 4.78 is 140. The van der Waals surface area contributed by atoms with E-state index in [2.05, 4.69) is 4.74 Å². The predicted molar refractivity (Wildman–Crippen MR) is 124 cm³/mol. The summed E-state index contributed by atoms with van der Waals surface area (Å²) in [5, 5.41) is 9.09. The van der Waals surface area contributed by atoms with Crippen LogP contribution in [0, 0.1) is 0 Å². The maximum Gasteiger partial charge on any atom is 0.461 e. The largest absolute Gasteiger partial charge is 0.461 e. The molecule has 0 heterocycles. The molecule has 0 spiro atoms. The van der Waals surface area contributed by atoms with Crippen LogP contribution in [0.2, 0.25) is 5.02 Å². The Morgan fingerprint density at radius 3 is 2.05 bits per heavy atom. The van der Waals surface area contributed by atoms with Gasteiger partial charge in [0.25, 0.3) is 0 Å². The number of halogens is 11. The molecule has 40 heavy (non-hydrogen) atoms. The summed E-state index contributed by atoms with van der Waals surface area (Å²) in [6, 6.07) is 12.0. The van der Waals surface area contributed by atoms with Crippen molar-refractivity contribution in [2.45, 2.75) is 37.5 Å². The van der Waals surface area contributed by atoms with E-state index in [4.69, 9.17) is 16.3 Å². The van der Waals surface area contributed by atoms with Crippen molar-refractivity contribution in [3.05, 3.63) is 82.9 Å². The Kier molecular flexibility index (Phi) is 9.35. The molecule has 15 heteroatoms. The van der Waals surface area contributed by atoms with E-state index < -0.39 is 60.4 Å². The van der Waals surface area contributed by atoms with E-state index in [9.17, 15) is 49.0 Å². The second-order valence-electron chi connectivity index (χ2n) is 8.29. The summed E-state index contributed by atoms with van der Waals surface area (Å²) in [5.41, 5.74) is -1.16. The number of hydrogen-bond acceptors (Lipinski definition) is 4. The average Bonchev–Trinajstić information content (AvgIpc) is 2.83. The van der Waals surface area contributed by atoms with E-state index in [1.54, 1.807) is 0 Å². The van der Waals surface area contributed by atoms with E-state index >= 15 is 0 Å². The monoisotopic (exact) mass is 605 g/mol. The quantitative estimate of drug-likeness (QED) is 0.236. The van der Waals surface area contributed by atoms with Crippen LogP contribution in [0.1, 0.15) is 11.1 Å². The zero-order chi connectivity index (χ0) is 29.9. The number of rotatable bonds is 10. The fraction of sp³-hybridized carbons (Fsp3) is 0.280. The van der Waals surface area contributed by atoms with E-state index in [1.807, 2.05) is 0 Å². The highest BCUT2D eigenvalue weighted by Gasteiger charge is 2.44. The van der Waals surface area contributed by atoms with Gasteiger partial charge in [-0.2, -0.15) is 43.9 Å². The SMILES string of the molecule is OC(CN(Cc1cccc(OC(F)(F)C(F)F)c1)c1cccc(Oc2ccc(Cl)c(C(F)(F)F)c2)c1)C(F)(F)F. The molecule has 3 aromatic rings. The van der Waals surface area contributed by atoms with Crippen molar-refractivity contribution in [2.24, 2.45) is 0 Å². The summed E-state index contributed by atoms with van der Waals surface area (Å²) in [6.07, 6.45) is -21.7. The Bertz CT molecular complexity index is 1300. The molecule has 0 aliphatic rings. The van der Waals surface area contributed by atoms with Crippen LogP contribution in [0.5, 0.6) is 17.2 Å². The average molecular weight is 606 g/mol. The first-order valence-electron chi connectivity index (χ1n) is 11.0. The fourth-order valence-electron chi connectivity index (χ4n) is 3.37. The van der Waals surface area contributed by atoms with E-state index in [-0.39, 0.29) is 22.7 Å². The van der Waals surface area contributed by atoms with Crippen LogP contribution in [0.25, 0.3) is 0 Å². The second kappa shape index (κ2) is 12.0. The summed E-state index contributed by atoms with van der Waals surface area (Å²) in [5.74, 6) is -1.09. The molecule has 1 N–H and O–H groups in total. The fourth-order valence-corrected chi connectivity index (χ4v) is 3.59. The van der Waals surface area contributed by atoms with Crippen LogP contribution in [-0.4, -0.2) is 36.5 Å². The number of aliphatic hydroxyl groups is 1. The highest BCUT2D eigenvalue weighted by Crippen LogP contribution is 2.38. The van der Waals surface area contributed by atoms with Crippen LogP contribution in [0.15, 0.2) is 66.7 Å². The zero-order valence-corrected chi connectivity index (χ0v) is 20.5. The van der Waals surface area contributed by atoms with Crippen LogP contribution in [-0.2, 0) is 12.7 Å². The molecule has 0 aliphatic heterocycles. The number of aliphatic hydroxyl groups excluding tert-OH is 1. The standard InChI is InChI=1S/C25H18ClF10NO3/c26-20-8-7-17(11-19(20)23(29,30)31)39-16-5-2-4-15(10-16)37(13-21(38)24(32,33)34)12-14-3-1-6-18(9-14)40-25(35,36)22(27)28/h1-11,21-22,38H,12-13H2. The van der Waals surface area contributed by atoms with Crippen LogP contribution in [0.4, 0.5) is 49.6 Å². The third-order valence-electron chi connectivity index (χ3n) is 5.21. The van der Waals surface area contributed by atoms with Gasteiger partial charge in [0.1, 0.15) is 17.2 Å². The van der Waals surface area contributed by atoms with Gasteiger partial charge in [-0.15, -0.1) is 0 Å². The Hall–Kier alpha value is -3.39. The topological polar surface area (TPSA) is 41.9 Å². The number of nitrogens with zero attached hydrogens (tertiary/aromatic N) is 1. The van der Waals surface area contributed by atoms with Gasteiger partial charge in [-0.3, -0.25) is 0 Å². The van der Waals surface area contributed by atoms with Crippen molar-refractivity contribution in [3.8, 4) is 17.2 Å². The maximum absolute atomic E-state index is 13.3. The Labute approximate surface area is 225 Å². The minimum atomic E-state index is -5.05. The molecule has 1 atom stereocenters. The van der Waals surface area contributed by atoms with Crippen molar-refractivity contribution in [2.75, 3.05) is 11.4 Å². The highest BCUT2D eigenvalue weighted by atomic mass is 35.5. The lowest BCUT2D eigenvalue weighted by Gasteiger charge is -2.29. The van der Waals surface area contributed by atoms with Gasteiger partial charge < -0.3 is 19.5 Å². The van der Waals surface area contributed by atoms with Crippen LogP contribution in [0.3, 0.4) is 0 Å². The molecule has 3 rings (SSSR count). The molecular formula is C25H18ClF10NO3. The molecule has 218 valence electrons. The van der Waals surface area contributed by atoms with Crippen LogP contribution < -0.4 is 14.4 Å².